The van der Waals surface area contributed by atoms with Crippen LogP contribution in [0.25, 0.3) is 0 Å². The van der Waals surface area contributed by atoms with Gasteiger partial charge >= 0.3 is 0 Å². The van der Waals surface area contributed by atoms with Gasteiger partial charge in [0.05, 0.1) is 11.7 Å². The third-order valence-electron chi connectivity index (χ3n) is 9.80. The maximum Gasteiger partial charge on any atom is 0.133 e. The number of carbonyl (C=O) groups is 1. The van der Waals surface area contributed by atoms with Crippen LogP contribution in [0.2, 0.25) is 0 Å². The molecule has 3 heteroatoms. The Balaban J connectivity index is 1.68. The van der Waals surface area contributed by atoms with Crippen molar-refractivity contribution in [3.8, 4) is 0 Å². The molecular weight excluding hydrogens is 324 g/mol. The van der Waals surface area contributed by atoms with Crippen LogP contribution in [-0.2, 0) is 9.53 Å². The van der Waals surface area contributed by atoms with Crippen LogP contribution in [0, 0.1) is 40.4 Å². The van der Waals surface area contributed by atoms with Crippen molar-refractivity contribution in [1.29, 1.82) is 0 Å². The Morgan fingerprint density at radius 2 is 1.77 bits per heavy atom. The van der Waals surface area contributed by atoms with Gasteiger partial charge in [-0.2, -0.15) is 0 Å². The van der Waals surface area contributed by atoms with Gasteiger partial charge in [-0.15, -0.1) is 0 Å². The van der Waals surface area contributed by atoms with Gasteiger partial charge in [0.2, 0.25) is 0 Å². The molecule has 4 saturated carbocycles. The van der Waals surface area contributed by atoms with Crippen LogP contribution in [0.3, 0.4) is 0 Å². The Bertz CT molecular complexity index is 584. The van der Waals surface area contributed by atoms with E-state index in [1.807, 2.05) is 14.0 Å². The molecule has 9 atom stereocenters. The molecule has 0 spiro atoms. The zero-order valence-electron chi connectivity index (χ0n) is 17.4. The molecule has 1 N–H and O–H groups in total. The van der Waals surface area contributed by atoms with Crippen LogP contribution in [0.5, 0.6) is 0 Å². The zero-order valence-corrected chi connectivity index (χ0v) is 17.4. The molecule has 0 aliphatic heterocycles. The quantitative estimate of drug-likeness (QED) is 0.780. The number of ether oxygens (including phenoxy) is 1. The summed E-state index contributed by atoms with van der Waals surface area (Å²) in [7, 11) is 1.86. The molecule has 1 unspecified atom stereocenters. The molecule has 26 heavy (non-hydrogen) atoms. The van der Waals surface area contributed by atoms with Gasteiger partial charge in [0, 0.05) is 18.4 Å². The smallest absolute Gasteiger partial charge is 0.133 e. The first-order valence-electron chi connectivity index (χ1n) is 10.9. The van der Waals surface area contributed by atoms with Crippen LogP contribution < -0.4 is 0 Å². The Labute approximate surface area is 159 Å². The van der Waals surface area contributed by atoms with Gasteiger partial charge in [-0.25, -0.2) is 0 Å². The van der Waals surface area contributed by atoms with E-state index >= 15 is 0 Å². The average molecular weight is 363 g/mol. The molecule has 0 saturated heterocycles. The van der Waals surface area contributed by atoms with E-state index in [1.165, 1.54) is 19.3 Å². The van der Waals surface area contributed by atoms with E-state index in [9.17, 15) is 9.90 Å². The summed E-state index contributed by atoms with van der Waals surface area (Å²) in [6, 6.07) is 0. The molecule has 4 rings (SSSR count). The first kappa shape index (κ1) is 18.9. The number of methoxy groups -OCH3 is 1. The van der Waals surface area contributed by atoms with Gasteiger partial charge in [-0.05, 0) is 94.3 Å². The van der Waals surface area contributed by atoms with Crippen LogP contribution in [-0.4, -0.2) is 29.7 Å². The lowest BCUT2D eigenvalue weighted by Gasteiger charge is -2.63. The van der Waals surface area contributed by atoms with Crippen molar-refractivity contribution >= 4 is 5.78 Å². The van der Waals surface area contributed by atoms with E-state index in [1.54, 1.807) is 6.92 Å². The van der Waals surface area contributed by atoms with Crippen molar-refractivity contribution < 1.29 is 14.6 Å². The highest BCUT2D eigenvalue weighted by molar-refractivity contribution is 5.79. The van der Waals surface area contributed by atoms with Gasteiger partial charge in [-0.3, -0.25) is 4.79 Å². The van der Waals surface area contributed by atoms with E-state index in [2.05, 4.69) is 13.8 Å². The standard InChI is InChI=1S/C23H38O3/c1-14(24)17-8-9-18-16-7-6-15-13-21(2,25)10-11-22(15,3)19(16)12-20(26-5)23(17,18)4/h15-20,25H,6-13H2,1-5H3/t15-,16-,17?,18-,19-,20+,21+,22-,23+/m0/s1. The van der Waals surface area contributed by atoms with Gasteiger partial charge in [-0.1, -0.05) is 13.8 Å². The lowest BCUT2D eigenvalue weighted by atomic mass is 9.43. The molecule has 4 aliphatic rings. The van der Waals surface area contributed by atoms with Crippen molar-refractivity contribution in [3.05, 3.63) is 0 Å². The minimum Gasteiger partial charge on any atom is -0.390 e. The SMILES string of the molecule is CO[C@@H]1C[C@H]2[C@@H](CC[C@H]3C[C@](C)(O)CC[C@@]32C)[C@@H]2CCC(C(C)=O)[C@@]12C. The number of Topliss-reactive ketones (excluding diaryl/α,β-unsaturated/α-hetero) is 1. The maximum atomic E-state index is 12.4. The van der Waals surface area contributed by atoms with Crippen molar-refractivity contribution in [1.82, 2.24) is 0 Å². The monoisotopic (exact) mass is 362 g/mol. The molecule has 4 fully saturated rings. The Morgan fingerprint density at radius 1 is 1.04 bits per heavy atom. The molecular formula is C23H38O3. The highest BCUT2D eigenvalue weighted by Crippen LogP contribution is 2.68. The van der Waals surface area contributed by atoms with Gasteiger partial charge in [0.1, 0.15) is 5.78 Å². The predicted octanol–water partition coefficient (Wildman–Crippen LogP) is 4.61. The van der Waals surface area contributed by atoms with E-state index in [0.717, 1.165) is 38.0 Å². The van der Waals surface area contributed by atoms with Gasteiger partial charge in [0.15, 0.2) is 0 Å². The normalized spacial score (nSPS) is 56.4. The molecule has 0 bridgehead atoms. The highest BCUT2D eigenvalue weighted by atomic mass is 16.5. The first-order valence-corrected chi connectivity index (χ1v) is 10.9. The molecule has 0 aromatic rings. The number of hydrogen-bond acceptors (Lipinski definition) is 3. The molecule has 0 aromatic heterocycles. The van der Waals surface area contributed by atoms with E-state index < -0.39 is 5.60 Å². The summed E-state index contributed by atoms with van der Waals surface area (Å²) in [5.41, 5.74) is -0.128. The van der Waals surface area contributed by atoms with Gasteiger partial charge in [0.25, 0.3) is 0 Å². The van der Waals surface area contributed by atoms with Crippen LogP contribution >= 0.6 is 0 Å². The fourth-order valence-electron chi connectivity index (χ4n) is 8.38. The topological polar surface area (TPSA) is 46.5 Å². The Kier molecular flexibility index (Phi) is 4.40. The second-order valence-corrected chi connectivity index (χ2v) is 10.9. The fraction of sp³-hybridized carbons (Fsp3) is 0.957. The zero-order chi connectivity index (χ0) is 18.9. The highest BCUT2D eigenvalue weighted by Gasteiger charge is 2.64. The number of rotatable bonds is 2. The molecule has 0 heterocycles. The third kappa shape index (κ3) is 2.49. The van der Waals surface area contributed by atoms with Crippen molar-refractivity contribution in [2.75, 3.05) is 7.11 Å². The number of carbonyl (C=O) groups excluding carboxylic acids is 1. The largest absolute Gasteiger partial charge is 0.390 e. The summed E-state index contributed by atoms with van der Waals surface area (Å²) in [4.78, 5) is 12.4. The second kappa shape index (κ2) is 6.04. The van der Waals surface area contributed by atoms with Crippen molar-refractivity contribution in [2.24, 2.45) is 40.4 Å². The van der Waals surface area contributed by atoms with Crippen molar-refractivity contribution in [2.45, 2.75) is 90.8 Å². The Morgan fingerprint density at radius 3 is 2.42 bits per heavy atom. The van der Waals surface area contributed by atoms with Crippen LogP contribution in [0.1, 0.15) is 79.1 Å². The first-order chi connectivity index (χ1) is 12.1. The number of hydrogen-bond donors (Lipinski definition) is 1. The molecule has 4 aliphatic carbocycles. The molecule has 0 aromatic carbocycles. The maximum absolute atomic E-state index is 12.4. The van der Waals surface area contributed by atoms with Gasteiger partial charge < -0.3 is 9.84 Å². The number of fused-ring (bicyclic) bond motifs is 5. The number of aliphatic hydroxyl groups is 1. The molecule has 0 radical (unpaired) electrons. The second-order valence-electron chi connectivity index (χ2n) is 10.9. The van der Waals surface area contributed by atoms with Crippen molar-refractivity contribution in [3.63, 3.8) is 0 Å². The summed E-state index contributed by atoms with van der Waals surface area (Å²) in [6.45, 7) is 8.69. The fourth-order valence-corrected chi connectivity index (χ4v) is 8.38. The molecule has 0 amide bonds. The summed E-state index contributed by atoms with van der Waals surface area (Å²) >= 11 is 0. The summed E-state index contributed by atoms with van der Waals surface area (Å²) in [6.07, 6.45) is 9.11. The summed E-state index contributed by atoms with van der Waals surface area (Å²) in [5.74, 6) is 3.23. The van der Waals surface area contributed by atoms with E-state index in [4.69, 9.17) is 4.74 Å². The predicted molar refractivity (Wildman–Crippen MR) is 103 cm³/mol. The van der Waals surface area contributed by atoms with Crippen LogP contribution in [0.15, 0.2) is 0 Å². The number of ketones is 1. The summed E-state index contributed by atoms with van der Waals surface area (Å²) < 4.78 is 6.10. The summed E-state index contributed by atoms with van der Waals surface area (Å²) in [5, 5.41) is 10.6. The molecule has 148 valence electrons. The van der Waals surface area contributed by atoms with Crippen LogP contribution in [0.4, 0.5) is 0 Å². The Hall–Kier alpha value is -0.410. The average Bonchev–Trinajstić information content (AvgIpc) is 2.93. The minimum atomic E-state index is -0.478. The third-order valence-corrected chi connectivity index (χ3v) is 9.80. The lowest BCUT2D eigenvalue weighted by molar-refractivity contribution is -0.188. The van der Waals surface area contributed by atoms with E-state index in [0.29, 0.717) is 29.0 Å². The van der Waals surface area contributed by atoms with E-state index in [-0.39, 0.29) is 17.4 Å². The minimum absolute atomic E-state index is 0.0190. The molecule has 3 nitrogen and oxygen atoms in total. The lowest BCUT2D eigenvalue weighted by Crippen LogP contribution is -2.60.